The maximum atomic E-state index is 13.1. The van der Waals surface area contributed by atoms with Crippen LogP contribution in [0.15, 0.2) is 58.5 Å². The van der Waals surface area contributed by atoms with Crippen molar-refractivity contribution >= 4 is 29.5 Å². The van der Waals surface area contributed by atoms with Gasteiger partial charge in [-0.1, -0.05) is 48.2 Å². The Morgan fingerprint density at radius 3 is 2.59 bits per heavy atom. The smallest absolute Gasteiger partial charge is 0.337 e. The second-order valence-electron chi connectivity index (χ2n) is 7.65. The molecule has 0 saturated carbocycles. The number of hydrogen-bond acceptors (Lipinski definition) is 6. The maximum Gasteiger partial charge on any atom is 0.337 e. The Balaban J connectivity index is 1.69. The molecule has 7 nitrogen and oxygen atoms in total. The third-order valence-corrected chi connectivity index (χ3v) is 6.73. The summed E-state index contributed by atoms with van der Waals surface area (Å²) in [6.45, 7) is 2.05. The molecule has 4 rings (SSSR count). The standard InChI is InChI=1S/C24H23N3O4S/c1-14-6-4-5-7-17(14)13-32-24-26-22(29)20-18(12-19(28)25-21(20)27(24)2)15-8-10-16(11-9-15)23(30)31-3/h4-11,18H,12-13H2,1-3H3,(H,25,28)/t18-/m1/s1. The van der Waals surface area contributed by atoms with Crippen LogP contribution in [-0.2, 0) is 22.3 Å². The first-order valence-electron chi connectivity index (χ1n) is 10.2. The summed E-state index contributed by atoms with van der Waals surface area (Å²) in [4.78, 5) is 41.6. The molecule has 32 heavy (non-hydrogen) atoms. The fourth-order valence-corrected chi connectivity index (χ4v) is 4.87. The highest BCUT2D eigenvalue weighted by Crippen LogP contribution is 2.36. The Kier molecular flexibility index (Phi) is 6.14. The lowest BCUT2D eigenvalue weighted by molar-refractivity contribution is -0.116. The SMILES string of the molecule is COC(=O)c1ccc([C@H]2CC(=O)Nc3c2c(=O)nc(SCc2ccccc2C)n3C)cc1. The number of carbonyl (C=O) groups is 2. The largest absolute Gasteiger partial charge is 0.465 e. The molecule has 2 heterocycles. The molecule has 1 aliphatic rings. The van der Waals surface area contributed by atoms with Gasteiger partial charge in [-0.3, -0.25) is 9.59 Å². The molecule has 0 spiro atoms. The van der Waals surface area contributed by atoms with Crippen molar-refractivity contribution in [3.8, 4) is 0 Å². The third kappa shape index (κ3) is 4.18. The van der Waals surface area contributed by atoms with Gasteiger partial charge in [-0.2, -0.15) is 4.98 Å². The summed E-state index contributed by atoms with van der Waals surface area (Å²) in [6, 6.07) is 14.8. The van der Waals surface area contributed by atoms with Crippen LogP contribution in [-0.4, -0.2) is 28.5 Å². The molecule has 2 aromatic carbocycles. The topological polar surface area (TPSA) is 90.3 Å². The van der Waals surface area contributed by atoms with E-state index in [1.807, 2.05) is 25.1 Å². The number of aryl methyl sites for hydroxylation is 1. The van der Waals surface area contributed by atoms with Gasteiger partial charge < -0.3 is 14.6 Å². The average molecular weight is 450 g/mol. The number of aromatic nitrogens is 2. The maximum absolute atomic E-state index is 13.1. The average Bonchev–Trinajstić information content (AvgIpc) is 2.80. The van der Waals surface area contributed by atoms with E-state index >= 15 is 0 Å². The van der Waals surface area contributed by atoms with Gasteiger partial charge in [0.1, 0.15) is 5.82 Å². The molecular weight excluding hydrogens is 426 g/mol. The number of esters is 1. The lowest BCUT2D eigenvalue weighted by Gasteiger charge is -2.27. The number of rotatable bonds is 5. The lowest BCUT2D eigenvalue weighted by Crippen LogP contribution is -2.33. The normalized spacial score (nSPS) is 15.1. The Bertz CT molecular complexity index is 1250. The zero-order valence-corrected chi connectivity index (χ0v) is 18.9. The van der Waals surface area contributed by atoms with Gasteiger partial charge in [0.2, 0.25) is 5.91 Å². The molecule has 3 aromatic rings. The molecule has 1 aliphatic heterocycles. The summed E-state index contributed by atoms with van der Waals surface area (Å²) in [5, 5.41) is 3.39. The van der Waals surface area contributed by atoms with Crippen molar-refractivity contribution in [3.05, 3.63) is 86.7 Å². The van der Waals surface area contributed by atoms with E-state index in [1.165, 1.54) is 24.4 Å². The van der Waals surface area contributed by atoms with E-state index in [2.05, 4.69) is 16.4 Å². The zero-order valence-electron chi connectivity index (χ0n) is 18.0. The Labute approximate surface area is 189 Å². The van der Waals surface area contributed by atoms with Crippen LogP contribution in [0.5, 0.6) is 0 Å². The van der Waals surface area contributed by atoms with Gasteiger partial charge in [0.05, 0.1) is 18.2 Å². The molecule has 1 amide bonds. The number of fused-ring (bicyclic) bond motifs is 1. The number of benzene rings is 2. The highest BCUT2D eigenvalue weighted by Gasteiger charge is 2.32. The predicted molar refractivity (Wildman–Crippen MR) is 123 cm³/mol. The van der Waals surface area contributed by atoms with E-state index in [4.69, 9.17) is 4.74 Å². The van der Waals surface area contributed by atoms with E-state index in [-0.39, 0.29) is 17.9 Å². The molecule has 0 fully saturated rings. The van der Waals surface area contributed by atoms with Gasteiger partial charge in [0.15, 0.2) is 5.16 Å². The number of amides is 1. The van der Waals surface area contributed by atoms with Crippen molar-refractivity contribution in [1.29, 1.82) is 0 Å². The van der Waals surface area contributed by atoms with E-state index < -0.39 is 11.9 Å². The molecule has 0 bridgehead atoms. The van der Waals surface area contributed by atoms with Gasteiger partial charge in [-0.25, -0.2) is 4.79 Å². The molecule has 164 valence electrons. The van der Waals surface area contributed by atoms with E-state index in [1.54, 1.807) is 35.9 Å². The zero-order chi connectivity index (χ0) is 22.8. The minimum atomic E-state index is -0.439. The minimum absolute atomic E-state index is 0.136. The van der Waals surface area contributed by atoms with Gasteiger partial charge in [-0.05, 0) is 35.7 Å². The number of hydrogen-bond donors (Lipinski definition) is 1. The Morgan fingerprint density at radius 2 is 1.91 bits per heavy atom. The molecule has 0 radical (unpaired) electrons. The van der Waals surface area contributed by atoms with Gasteiger partial charge >= 0.3 is 5.97 Å². The highest BCUT2D eigenvalue weighted by atomic mass is 32.2. The number of anilines is 1. The fraction of sp³-hybridized carbons (Fsp3) is 0.250. The number of carbonyl (C=O) groups excluding carboxylic acids is 2. The number of ether oxygens (including phenoxy) is 1. The van der Waals surface area contributed by atoms with Crippen molar-refractivity contribution in [2.75, 3.05) is 12.4 Å². The van der Waals surface area contributed by atoms with Crippen molar-refractivity contribution in [2.24, 2.45) is 7.05 Å². The summed E-state index contributed by atoms with van der Waals surface area (Å²) in [5.41, 5.74) is 3.62. The third-order valence-electron chi connectivity index (χ3n) is 5.65. The van der Waals surface area contributed by atoms with Crippen LogP contribution in [0.2, 0.25) is 0 Å². The van der Waals surface area contributed by atoms with E-state index in [0.717, 1.165) is 11.1 Å². The monoisotopic (exact) mass is 449 g/mol. The summed E-state index contributed by atoms with van der Waals surface area (Å²) < 4.78 is 6.51. The van der Waals surface area contributed by atoms with E-state index in [9.17, 15) is 14.4 Å². The summed E-state index contributed by atoms with van der Waals surface area (Å²) in [5.74, 6) is 0.0856. The summed E-state index contributed by atoms with van der Waals surface area (Å²) in [7, 11) is 3.12. The van der Waals surface area contributed by atoms with Gasteiger partial charge in [0, 0.05) is 25.1 Å². The van der Waals surface area contributed by atoms with Crippen molar-refractivity contribution < 1.29 is 14.3 Å². The number of methoxy groups -OCH3 is 1. The first kappa shape index (κ1) is 21.8. The predicted octanol–water partition coefficient (Wildman–Crippen LogP) is 3.64. The van der Waals surface area contributed by atoms with Gasteiger partial charge in [-0.15, -0.1) is 0 Å². The number of thioether (sulfide) groups is 1. The molecule has 0 unspecified atom stereocenters. The van der Waals surface area contributed by atoms with Crippen molar-refractivity contribution in [1.82, 2.24) is 9.55 Å². The quantitative estimate of drug-likeness (QED) is 0.363. The molecule has 0 saturated heterocycles. The fourth-order valence-electron chi connectivity index (χ4n) is 3.83. The molecular formula is C24H23N3O4S. The Morgan fingerprint density at radius 1 is 1.19 bits per heavy atom. The van der Waals surface area contributed by atoms with Crippen molar-refractivity contribution in [2.45, 2.75) is 30.2 Å². The van der Waals surface area contributed by atoms with Crippen LogP contribution in [0.1, 0.15) is 45.0 Å². The molecule has 1 atom stereocenters. The number of nitrogens with zero attached hydrogens (tertiary/aromatic N) is 2. The van der Waals surface area contributed by atoms with Crippen LogP contribution in [0.3, 0.4) is 0 Å². The first-order valence-corrected chi connectivity index (χ1v) is 11.1. The van der Waals surface area contributed by atoms with Crippen LogP contribution < -0.4 is 10.9 Å². The van der Waals surface area contributed by atoms with Crippen LogP contribution in [0.4, 0.5) is 5.82 Å². The molecule has 0 aliphatic carbocycles. The van der Waals surface area contributed by atoms with Crippen LogP contribution in [0, 0.1) is 6.92 Å². The molecule has 1 aromatic heterocycles. The van der Waals surface area contributed by atoms with Gasteiger partial charge in [0.25, 0.3) is 5.56 Å². The van der Waals surface area contributed by atoms with Crippen LogP contribution in [0.25, 0.3) is 0 Å². The van der Waals surface area contributed by atoms with Crippen LogP contribution >= 0.6 is 11.8 Å². The lowest BCUT2D eigenvalue weighted by atomic mass is 9.86. The number of nitrogens with one attached hydrogen (secondary N) is 1. The summed E-state index contributed by atoms with van der Waals surface area (Å²) >= 11 is 1.46. The summed E-state index contributed by atoms with van der Waals surface area (Å²) in [6.07, 6.45) is 0.136. The molecule has 8 heteroatoms. The minimum Gasteiger partial charge on any atom is -0.465 e. The second-order valence-corrected chi connectivity index (χ2v) is 8.60. The first-order chi connectivity index (χ1) is 15.4. The highest BCUT2D eigenvalue weighted by molar-refractivity contribution is 7.98. The second kappa shape index (κ2) is 9.00. The van der Waals surface area contributed by atoms with E-state index in [0.29, 0.717) is 27.9 Å². The molecule has 1 N–H and O–H groups in total. The van der Waals surface area contributed by atoms with Crippen molar-refractivity contribution in [3.63, 3.8) is 0 Å². The Hall–Kier alpha value is -3.39.